The monoisotopic (exact) mass is 376 g/mol. The lowest BCUT2D eigenvalue weighted by atomic mass is 9.85. The third kappa shape index (κ3) is 3.73. The molecule has 0 aromatic heterocycles. The number of nitro groups is 1. The smallest absolute Gasteiger partial charge is 0.240 e. The van der Waals surface area contributed by atoms with Crippen molar-refractivity contribution in [3.8, 4) is 0 Å². The number of rotatable bonds is 6. The van der Waals surface area contributed by atoms with Crippen molar-refractivity contribution in [2.24, 2.45) is 0 Å². The van der Waals surface area contributed by atoms with Gasteiger partial charge in [-0.05, 0) is 30.2 Å². The Morgan fingerprint density at radius 3 is 2.42 bits per heavy atom. The van der Waals surface area contributed by atoms with Crippen LogP contribution in [0.3, 0.4) is 0 Å². The van der Waals surface area contributed by atoms with E-state index < -0.39 is 30.3 Å². The summed E-state index contributed by atoms with van der Waals surface area (Å²) in [6, 6.07) is 14.1. The van der Waals surface area contributed by atoms with Crippen LogP contribution in [0.2, 0.25) is 5.02 Å². The summed E-state index contributed by atoms with van der Waals surface area (Å²) in [7, 11) is 0. The lowest BCUT2D eigenvalue weighted by Gasteiger charge is -2.24. The summed E-state index contributed by atoms with van der Waals surface area (Å²) in [5.41, 5.74) is 1.55. The predicted molar refractivity (Wildman–Crippen MR) is 98.7 cm³/mol. The van der Waals surface area contributed by atoms with Crippen LogP contribution in [0.15, 0.2) is 54.6 Å². The van der Waals surface area contributed by atoms with Crippen molar-refractivity contribution < 1.29 is 14.8 Å². The molecule has 1 saturated heterocycles. The van der Waals surface area contributed by atoms with Crippen LogP contribution < -0.4 is 5.32 Å². The molecule has 138 valence electrons. The summed E-state index contributed by atoms with van der Waals surface area (Å²) in [6.45, 7) is 2.09. The van der Waals surface area contributed by atoms with Crippen LogP contribution in [0.1, 0.15) is 30.0 Å². The summed E-state index contributed by atoms with van der Waals surface area (Å²) < 4.78 is 5.36. The number of aliphatic hydroxyl groups excluding tert-OH is 1. The van der Waals surface area contributed by atoms with E-state index in [4.69, 9.17) is 16.3 Å². The standard InChI is InChI=1S/C19H21ClN2O4/c1-2-26-19(23)17-15(12-6-4-3-5-7-12)18(22(24)25)16(21-17)13-8-10-14(20)11-9-13/h3-11,15-19,21,23H,2H2,1H3/t15-,16+,17+,18-,19-/m0/s1. The summed E-state index contributed by atoms with van der Waals surface area (Å²) in [4.78, 5) is 11.7. The number of nitrogens with zero attached hydrogens (tertiary/aromatic N) is 1. The van der Waals surface area contributed by atoms with E-state index in [9.17, 15) is 15.2 Å². The zero-order chi connectivity index (χ0) is 18.7. The molecule has 0 spiro atoms. The molecule has 5 atom stereocenters. The van der Waals surface area contributed by atoms with Crippen LogP contribution in [0.5, 0.6) is 0 Å². The molecule has 0 radical (unpaired) electrons. The van der Waals surface area contributed by atoms with E-state index in [0.717, 1.165) is 11.1 Å². The number of hydrogen-bond donors (Lipinski definition) is 2. The number of aliphatic hydroxyl groups is 1. The molecule has 1 fully saturated rings. The molecule has 6 nitrogen and oxygen atoms in total. The van der Waals surface area contributed by atoms with Crippen molar-refractivity contribution in [2.45, 2.75) is 37.3 Å². The number of ether oxygens (including phenoxy) is 1. The number of nitrogens with one attached hydrogen (secondary N) is 1. The average molecular weight is 377 g/mol. The molecular formula is C19H21ClN2O4. The van der Waals surface area contributed by atoms with Gasteiger partial charge in [-0.3, -0.25) is 15.4 Å². The molecule has 2 aromatic rings. The second-order valence-corrected chi connectivity index (χ2v) is 6.72. The summed E-state index contributed by atoms with van der Waals surface area (Å²) in [5.74, 6) is -0.534. The van der Waals surface area contributed by atoms with E-state index in [2.05, 4.69) is 5.32 Å². The van der Waals surface area contributed by atoms with Gasteiger partial charge >= 0.3 is 0 Å². The van der Waals surface area contributed by atoms with Crippen molar-refractivity contribution in [1.82, 2.24) is 5.32 Å². The molecular weight excluding hydrogens is 356 g/mol. The largest absolute Gasteiger partial charge is 0.367 e. The normalized spacial score (nSPS) is 26.6. The SMILES string of the molecule is CCO[C@H](O)[C@@H]1N[C@H](c2ccc(Cl)cc2)[C@@H]([N+](=O)[O-])[C@H]1c1ccccc1. The average Bonchev–Trinajstić information content (AvgIpc) is 3.04. The lowest BCUT2D eigenvalue weighted by molar-refractivity contribution is -0.527. The molecule has 0 amide bonds. The van der Waals surface area contributed by atoms with Gasteiger partial charge in [-0.1, -0.05) is 54.1 Å². The predicted octanol–water partition coefficient (Wildman–Crippen LogP) is 3.14. The third-order valence-corrected chi connectivity index (χ3v) is 5.02. The Morgan fingerprint density at radius 2 is 1.85 bits per heavy atom. The first-order chi connectivity index (χ1) is 12.5. The minimum Gasteiger partial charge on any atom is -0.367 e. The van der Waals surface area contributed by atoms with Crippen LogP contribution in [0.4, 0.5) is 0 Å². The van der Waals surface area contributed by atoms with Gasteiger partial charge in [0.2, 0.25) is 6.04 Å². The van der Waals surface area contributed by atoms with E-state index >= 15 is 0 Å². The first-order valence-corrected chi connectivity index (χ1v) is 8.90. The number of hydrogen-bond acceptors (Lipinski definition) is 5. The molecule has 0 unspecified atom stereocenters. The molecule has 0 bridgehead atoms. The fourth-order valence-corrected chi connectivity index (χ4v) is 3.79. The molecule has 7 heteroatoms. The first-order valence-electron chi connectivity index (χ1n) is 8.52. The fraction of sp³-hybridized carbons (Fsp3) is 0.368. The third-order valence-electron chi connectivity index (χ3n) is 4.77. The lowest BCUT2D eigenvalue weighted by Crippen LogP contribution is -2.41. The number of halogens is 1. The van der Waals surface area contributed by atoms with Crippen LogP contribution in [-0.2, 0) is 4.74 Å². The molecule has 2 aromatic carbocycles. The highest BCUT2D eigenvalue weighted by Gasteiger charge is 2.54. The quantitative estimate of drug-likeness (QED) is 0.459. The van der Waals surface area contributed by atoms with Gasteiger partial charge in [-0.25, -0.2) is 0 Å². The Labute approximate surface area is 156 Å². The fourth-order valence-electron chi connectivity index (χ4n) is 3.66. The van der Waals surface area contributed by atoms with Gasteiger partial charge in [-0.15, -0.1) is 0 Å². The highest BCUT2D eigenvalue weighted by Crippen LogP contribution is 2.41. The van der Waals surface area contributed by atoms with Gasteiger partial charge in [0, 0.05) is 16.6 Å². The van der Waals surface area contributed by atoms with Crippen LogP contribution in [-0.4, -0.2) is 35.0 Å². The Balaban J connectivity index is 2.04. The van der Waals surface area contributed by atoms with Gasteiger partial charge in [-0.2, -0.15) is 0 Å². The first kappa shape index (κ1) is 18.8. The van der Waals surface area contributed by atoms with E-state index in [1.165, 1.54) is 0 Å². The van der Waals surface area contributed by atoms with E-state index in [0.29, 0.717) is 11.6 Å². The maximum Gasteiger partial charge on any atom is 0.240 e. The number of benzene rings is 2. The van der Waals surface area contributed by atoms with Crippen LogP contribution >= 0.6 is 11.6 Å². The van der Waals surface area contributed by atoms with E-state index in [1.54, 1.807) is 31.2 Å². The zero-order valence-corrected chi connectivity index (χ0v) is 15.0. The Bertz CT molecular complexity index is 741. The van der Waals surface area contributed by atoms with Crippen molar-refractivity contribution in [3.63, 3.8) is 0 Å². The minimum atomic E-state index is -1.15. The van der Waals surface area contributed by atoms with Crippen molar-refractivity contribution in [3.05, 3.63) is 80.9 Å². The summed E-state index contributed by atoms with van der Waals surface area (Å²) in [5, 5.41) is 26.2. The molecule has 1 heterocycles. The van der Waals surface area contributed by atoms with E-state index in [-0.39, 0.29) is 4.92 Å². The van der Waals surface area contributed by atoms with Crippen molar-refractivity contribution in [2.75, 3.05) is 6.61 Å². The molecule has 3 rings (SSSR count). The molecule has 0 aliphatic carbocycles. The second kappa shape index (κ2) is 8.14. The van der Waals surface area contributed by atoms with E-state index in [1.807, 2.05) is 30.3 Å². The summed E-state index contributed by atoms with van der Waals surface area (Å²) >= 11 is 5.95. The highest BCUT2D eigenvalue weighted by atomic mass is 35.5. The Morgan fingerprint density at radius 1 is 1.19 bits per heavy atom. The van der Waals surface area contributed by atoms with Crippen LogP contribution in [0.25, 0.3) is 0 Å². The molecule has 2 N–H and O–H groups in total. The maximum atomic E-state index is 12.0. The zero-order valence-electron chi connectivity index (χ0n) is 14.3. The highest BCUT2D eigenvalue weighted by molar-refractivity contribution is 6.30. The molecule has 1 aliphatic rings. The maximum absolute atomic E-state index is 12.0. The van der Waals surface area contributed by atoms with Gasteiger partial charge in [0.1, 0.15) is 6.04 Å². The Kier molecular flexibility index (Phi) is 5.88. The van der Waals surface area contributed by atoms with Gasteiger partial charge < -0.3 is 9.84 Å². The van der Waals surface area contributed by atoms with Gasteiger partial charge in [0.25, 0.3) is 0 Å². The molecule has 0 saturated carbocycles. The van der Waals surface area contributed by atoms with Gasteiger partial charge in [0.05, 0.1) is 12.0 Å². The topological polar surface area (TPSA) is 84.6 Å². The molecule has 26 heavy (non-hydrogen) atoms. The van der Waals surface area contributed by atoms with Gasteiger partial charge in [0.15, 0.2) is 6.29 Å². The van der Waals surface area contributed by atoms with Crippen molar-refractivity contribution >= 4 is 11.6 Å². The minimum absolute atomic E-state index is 0.275. The molecule has 1 aliphatic heterocycles. The van der Waals surface area contributed by atoms with Crippen molar-refractivity contribution in [1.29, 1.82) is 0 Å². The Hall–Kier alpha value is -1.99. The second-order valence-electron chi connectivity index (χ2n) is 6.28. The summed E-state index contributed by atoms with van der Waals surface area (Å²) in [6.07, 6.45) is -1.15. The van der Waals surface area contributed by atoms with Crippen LogP contribution in [0, 0.1) is 10.1 Å².